The number of fused-ring (bicyclic) bond motifs is 3. The fraction of sp³-hybridized carbons (Fsp3) is 0.696. The highest BCUT2D eigenvalue weighted by molar-refractivity contribution is 5.85. The Morgan fingerprint density at radius 3 is 2.60 bits per heavy atom. The third-order valence-corrected chi connectivity index (χ3v) is 6.11. The second kappa shape index (κ2) is 14.9. The maximum Gasteiger partial charge on any atom is 0.222 e. The van der Waals surface area contributed by atoms with E-state index in [4.69, 9.17) is 10.5 Å². The summed E-state index contributed by atoms with van der Waals surface area (Å²) in [5, 5.41) is 0. The first-order valence-corrected chi connectivity index (χ1v) is 11.2. The summed E-state index contributed by atoms with van der Waals surface area (Å²) in [5.41, 5.74) is 6.94. The van der Waals surface area contributed by atoms with Crippen molar-refractivity contribution >= 4 is 30.7 Å². The van der Waals surface area contributed by atoms with Crippen molar-refractivity contribution < 1.29 is 9.53 Å². The summed E-state index contributed by atoms with van der Waals surface area (Å²) >= 11 is 0. The van der Waals surface area contributed by atoms with Crippen molar-refractivity contribution in [3.05, 3.63) is 29.8 Å². The number of halogens is 2. The fourth-order valence-electron chi connectivity index (χ4n) is 4.47. The fourth-order valence-corrected chi connectivity index (χ4v) is 4.47. The van der Waals surface area contributed by atoms with E-state index in [2.05, 4.69) is 23.1 Å². The van der Waals surface area contributed by atoms with E-state index >= 15 is 0 Å². The Morgan fingerprint density at radius 2 is 1.80 bits per heavy atom. The van der Waals surface area contributed by atoms with Crippen LogP contribution in [0.25, 0.3) is 0 Å². The lowest BCUT2D eigenvalue weighted by Crippen LogP contribution is -2.40. The summed E-state index contributed by atoms with van der Waals surface area (Å²) in [5.74, 6) is 1.13. The van der Waals surface area contributed by atoms with Gasteiger partial charge in [-0.3, -0.25) is 4.79 Å². The molecule has 0 radical (unpaired) electrons. The standard InChI is InChI=1S/C23H37N3O2.2ClH/c24-13-6-10-23(27)26-16-4-3-15-25-14-2-1-8-21(25)12-11-20-7-5-9-22(19-20)28-18-17-26;;/h5,7,9,19,21H,1-4,6,8,10-18,24H2;2*1H. The molecule has 0 aliphatic carbocycles. The minimum Gasteiger partial charge on any atom is -0.492 e. The number of carbonyl (C=O) groups excluding carboxylic acids is 1. The Bertz CT molecular complexity index is 618. The third kappa shape index (κ3) is 8.62. The third-order valence-electron chi connectivity index (χ3n) is 6.11. The molecular weight excluding hydrogens is 421 g/mol. The molecule has 2 bridgehead atoms. The van der Waals surface area contributed by atoms with E-state index in [0.29, 0.717) is 32.2 Å². The predicted octanol–water partition coefficient (Wildman–Crippen LogP) is 4.06. The zero-order valence-electron chi connectivity index (χ0n) is 18.1. The van der Waals surface area contributed by atoms with Gasteiger partial charge in [-0.1, -0.05) is 18.6 Å². The van der Waals surface area contributed by atoms with Gasteiger partial charge in [0.2, 0.25) is 5.91 Å². The normalized spacial score (nSPS) is 21.0. The number of carbonyl (C=O) groups is 1. The summed E-state index contributed by atoms with van der Waals surface area (Å²) in [7, 11) is 0. The number of piperidine rings is 1. The van der Waals surface area contributed by atoms with Crippen LogP contribution in [0.1, 0.15) is 56.9 Å². The number of nitrogens with two attached hydrogens (primary N) is 1. The van der Waals surface area contributed by atoms with Crippen LogP contribution in [0, 0.1) is 0 Å². The molecule has 0 aromatic heterocycles. The predicted molar refractivity (Wildman–Crippen MR) is 128 cm³/mol. The molecule has 1 saturated heterocycles. The van der Waals surface area contributed by atoms with Crippen molar-refractivity contribution in [3.8, 4) is 5.75 Å². The van der Waals surface area contributed by atoms with E-state index in [0.717, 1.165) is 44.5 Å². The van der Waals surface area contributed by atoms with Gasteiger partial charge in [0.15, 0.2) is 0 Å². The summed E-state index contributed by atoms with van der Waals surface area (Å²) in [6.07, 6.45) is 9.86. The average molecular weight is 460 g/mol. The van der Waals surface area contributed by atoms with Crippen molar-refractivity contribution in [3.63, 3.8) is 0 Å². The molecule has 172 valence electrons. The summed E-state index contributed by atoms with van der Waals surface area (Å²) in [4.78, 5) is 17.2. The lowest BCUT2D eigenvalue weighted by atomic mass is 9.95. The lowest BCUT2D eigenvalue weighted by molar-refractivity contribution is -0.131. The SMILES string of the molecule is Cl.Cl.NCCCC(=O)N1CCCCN2CCCCC2CCc2cccc(c2)OCC1. The van der Waals surface area contributed by atoms with Crippen LogP contribution in [0.5, 0.6) is 5.75 Å². The van der Waals surface area contributed by atoms with Crippen molar-refractivity contribution in [2.45, 2.75) is 63.8 Å². The van der Waals surface area contributed by atoms with Crippen molar-refractivity contribution in [2.24, 2.45) is 5.73 Å². The van der Waals surface area contributed by atoms with Gasteiger partial charge in [0.05, 0.1) is 6.54 Å². The topological polar surface area (TPSA) is 58.8 Å². The second-order valence-electron chi connectivity index (χ2n) is 8.20. The minimum atomic E-state index is 0. The van der Waals surface area contributed by atoms with Crippen LogP contribution in [0.4, 0.5) is 0 Å². The molecule has 30 heavy (non-hydrogen) atoms. The highest BCUT2D eigenvalue weighted by atomic mass is 35.5. The van der Waals surface area contributed by atoms with E-state index < -0.39 is 0 Å². The number of nitrogens with zero attached hydrogens (tertiary/aromatic N) is 2. The first kappa shape index (κ1) is 27.0. The molecule has 1 unspecified atom stereocenters. The molecule has 2 aliphatic rings. The van der Waals surface area contributed by atoms with E-state index in [-0.39, 0.29) is 30.7 Å². The second-order valence-corrected chi connectivity index (χ2v) is 8.20. The van der Waals surface area contributed by atoms with Gasteiger partial charge in [0.25, 0.3) is 0 Å². The summed E-state index contributed by atoms with van der Waals surface area (Å²) in [6.45, 7) is 4.98. The molecule has 7 heteroatoms. The van der Waals surface area contributed by atoms with Gasteiger partial charge in [-0.05, 0) is 82.3 Å². The Balaban J connectivity index is 0.00000225. The van der Waals surface area contributed by atoms with Crippen LogP contribution in [-0.2, 0) is 11.2 Å². The average Bonchev–Trinajstić information content (AvgIpc) is 2.73. The number of hydrogen-bond acceptors (Lipinski definition) is 4. The molecule has 1 fully saturated rings. The molecule has 1 aromatic carbocycles. The van der Waals surface area contributed by atoms with Gasteiger partial charge >= 0.3 is 0 Å². The Hall–Kier alpha value is -1.01. The van der Waals surface area contributed by atoms with Crippen LogP contribution >= 0.6 is 24.8 Å². The smallest absolute Gasteiger partial charge is 0.222 e. The van der Waals surface area contributed by atoms with E-state index in [1.807, 2.05) is 11.0 Å². The molecule has 2 heterocycles. The number of hydrogen-bond donors (Lipinski definition) is 1. The first-order valence-electron chi connectivity index (χ1n) is 11.2. The van der Waals surface area contributed by atoms with Crippen molar-refractivity contribution in [1.29, 1.82) is 0 Å². The molecule has 0 saturated carbocycles. The van der Waals surface area contributed by atoms with Gasteiger partial charge in [-0.2, -0.15) is 0 Å². The van der Waals surface area contributed by atoms with Gasteiger partial charge in [0, 0.05) is 19.0 Å². The Morgan fingerprint density at radius 1 is 1.03 bits per heavy atom. The Labute approximate surface area is 194 Å². The molecule has 5 nitrogen and oxygen atoms in total. The van der Waals surface area contributed by atoms with Gasteiger partial charge in [0.1, 0.15) is 12.4 Å². The van der Waals surface area contributed by atoms with Crippen LogP contribution in [0.15, 0.2) is 24.3 Å². The minimum absolute atomic E-state index is 0. The number of aryl methyl sites for hydroxylation is 1. The van der Waals surface area contributed by atoms with Crippen LogP contribution in [0.3, 0.4) is 0 Å². The number of rotatable bonds is 3. The van der Waals surface area contributed by atoms with E-state index in [1.54, 1.807) is 0 Å². The first-order chi connectivity index (χ1) is 13.8. The molecule has 0 spiro atoms. The number of ether oxygens (including phenoxy) is 1. The molecule has 1 aromatic rings. The molecule has 1 amide bonds. The van der Waals surface area contributed by atoms with Crippen LogP contribution in [-0.4, -0.2) is 61.1 Å². The van der Waals surface area contributed by atoms with E-state index in [9.17, 15) is 4.79 Å². The van der Waals surface area contributed by atoms with Crippen molar-refractivity contribution in [1.82, 2.24) is 9.80 Å². The van der Waals surface area contributed by atoms with Gasteiger partial charge in [-0.25, -0.2) is 0 Å². The molecular formula is C23H39Cl2N3O2. The quantitative estimate of drug-likeness (QED) is 0.739. The zero-order chi connectivity index (χ0) is 19.6. The highest BCUT2D eigenvalue weighted by Crippen LogP contribution is 2.23. The summed E-state index contributed by atoms with van der Waals surface area (Å²) in [6, 6.07) is 9.19. The number of benzene rings is 1. The molecule has 3 rings (SSSR count). The molecule has 2 aliphatic heterocycles. The molecule has 1 atom stereocenters. The lowest BCUT2D eigenvalue weighted by Gasteiger charge is -2.36. The maximum atomic E-state index is 12.6. The zero-order valence-corrected chi connectivity index (χ0v) is 19.7. The van der Waals surface area contributed by atoms with Crippen LogP contribution in [0.2, 0.25) is 0 Å². The molecule has 2 N–H and O–H groups in total. The van der Waals surface area contributed by atoms with Gasteiger partial charge in [-0.15, -0.1) is 24.8 Å². The van der Waals surface area contributed by atoms with Gasteiger partial charge < -0.3 is 20.3 Å². The Kier molecular flexibility index (Phi) is 13.4. The monoisotopic (exact) mass is 459 g/mol. The van der Waals surface area contributed by atoms with Crippen LogP contribution < -0.4 is 10.5 Å². The highest BCUT2D eigenvalue weighted by Gasteiger charge is 2.22. The largest absolute Gasteiger partial charge is 0.492 e. The summed E-state index contributed by atoms with van der Waals surface area (Å²) < 4.78 is 5.98. The number of amides is 1. The van der Waals surface area contributed by atoms with Crippen molar-refractivity contribution in [2.75, 3.05) is 39.3 Å². The maximum absolute atomic E-state index is 12.6. The van der Waals surface area contributed by atoms with E-state index in [1.165, 1.54) is 37.8 Å².